The van der Waals surface area contributed by atoms with Crippen molar-refractivity contribution >= 4 is 11.6 Å². The minimum Gasteiger partial charge on any atom is -0.489 e. The lowest BCUT2D eigenvalue weighted by Crippen LogP contribution is -2.24. The zero-order valence-corrected chi connectivity index (χ0v) is 12.8. The van der Waals surface area contributed by atoms with Crippen LogP contribution >= 0.6 is 11.6 Å². The van der Waals surface area contributed by atoms with Gasteiger partial charge in [-0.3, -0.25) is 0 Å². The van der Waals surface area contributed by atoms with Gasteiger partial charge in [-0.1, -0.05) is 41.9 Å². The Bertz CT molecular complexity index is 558. The molecule has 112 valence electrons. The van der Waals surface area contributed by atoms with E-state index in [2.05, 4.69) is 5.32 Å². The van der Waals surface area contributed by atoms with E-state index in [0.29, 0.717) is 24.7 Å². The van der Waals surface area contributed by atoms with E-state index in [4.69, 9.17) is 16.3 Å². The van der Waals surface area contributed by atoms with E-state index >= 15 is 0 Å². The third-order valence-electron chi connectivity index (χ3n) is 3.01. The molecular formula is C17H20ClNO2. The Balaban J connectivity index is 2.00. The highest BCUT2D eigenvalue weighted by atomic mass is 35.5. The zero-order valence-electron chi connectivity index (χ0n) is 12.1. The molecule has 1 atom stereocenters. The van der Waals surface area contributed by atoms with Gasteiger partial charge in [0.15, 0.2) is 0 Å². The fourth-order valence-corrected chi connectivity index (χ4v) is 2.17. The molecular weight excluding hydrogens is 286 g/mol. The quantitative estimate of drug-likeness (QED) is 0.824. The van der Waals surface area contributed by atoms with Gasteiger partial charge in [-0.15, -0.1) is 0 Å². The maximum absolute atomic E-state index is 9.29. The fourth-order valence-electron chi connectivity index (χ4n) is 1.98. The van der Waals surface area contributed by atoms with Crippen LogP contribution in [-0.4, -0.2) is 17.8 Å². The number of halogens is 1. The summed E-state index contributed by atoms with van der Waals surface area (Å²) >= 11 is 6.04. The molecule has 0 saturated carbocycles. The van der Waals surface area contributed by atoms with Crippen LogP contribution in [-0.2, 0) is 13.2 Å². The van der Waals surface area contributed by atoms with Crippen molar-refractivity contribution in [3.8, 4) is 5.75 Å². The minimum atomic E-state index is -0.377. The zero-order chi connectivity index (χ0) is 15.1. The van der Waals surface area contributed by atoms with E-state index in [1.807, 2.05) is 48.5 Å². The van der Waals surface area contributed by atoms with E-state index < -0.39 is 0 Å². The van der Waals surface area contributed by atoms with Gasteiger partial charge in [-0.2, -0.15) is 0 Å². The highest BCUT2D eigenvalue weighted by Crippen LogP contribution is 2.23. The molecule has 0 bridgehead atoms. The summed E-state index contributed by atoms with van der Waals surface area (Å²) in [5.41, 5.74) is 2.11. The summed E-state index contributed by atoms with van der Waals surface area (Å²) in [4.78, 5) is 0. The first kappa shape index (κ1) is 15.8. The van der Waals surface area contributed by atoms with Crippen molar-refractivity contribution in [1.82, 2.24) is 5.32 Å². The van der Waals surface area contributed by atoms with Gasteiger partial charge >= 0.3 is 0 Å². The first-order chi connectivity index (χ1) is 10.1. The molecule has 0 aliphatic rings. The van der Waals surface area contributed by atoms with E-state index in [0.717, 1.165) is 16.9 Å². The molecule has 4 heteroatoms. The largest absolute Gasteiger partial charge is 0.489 e. The fraction of sp³-hybridized carbons (Fsp3) is 0.294. The predicted octanol–water partition coefficient (Wildman–Crippen LogP) is 3.39. The lowest BCUT2D eigenvalue weighted by Gasteiger charge is -2.13. The number of rotatable bonds is 7. The molecule has 0 spiro atoms. The Morgan fingerprint density at radius 2 is 1.95 bits per heavy atom. The molecule has 0 heterocycles. The Labute approximate surface area is 130 Å². The van der Waals surface area contributed by atoms with Gasteiger partial charge < -0.3 is 15.2 Å². The first-order valence-electron chi connectivity index (χ1n) is 6.99. The monoisotopic (exact) mass is 305 g/mol. The van der Waals surface area contributed by atoms with Gasteiger partial charge in [-0.05, 0) is 30.7 Å². The van der Waals surface area contributed by atoms with Crippen molar-refractivity contribution in [3.05, 3.63) is 64.7 Å². The summed E-state index contributed by atoms with van der Waals surface area (Å²) in [5, 5.41) is 13.1. The third kappa shape index (κ3) is 5.38. The number of hydrogen-bond donors (Lipinski definition) is 2. The number of aliphatic hydroxyl groups is 1. The molecule has 21 heavy (non-hydrogen) atoms. The van der Waals surface area contributed by atoms with Crippen molar-refractivity contribution in [2.75, 3.05) is 6.54 Å². The molecule has 0 unspecified atom stereocenters. The average molecular weight is 306 g/mol. The van der Waals surface area contributed by atoms with Gasteiger partial charge in [0.1, 0.15) is 12.4 Å². The van der Waals surface area contributed by atoms with E-state index in [-0.39, 0.29) is 6.10 Å². The van der Waals surface area contributed by atoms with Crippen molar-refractivity contribution in [1.29, 1.82) is 0 Å². The molecule has 3 nitrogen and oxygen atoms in total. The maximum atomic E-state index is 9.29. The molecule has 2 aromatic carbocycles. The van der Waals surface area contributed by atoms with Crippen LogP contribution in [0.5, 0.6) is 5.75 Å². The van der Waals surface area contributed by atoms with Crippen molar-refractivity contribution in [2.45, 2.75) is 26.2 Å². The number of hydrogen-bond acceptors (Lipinski definition) is 3. The van der Waals surface area contributed by atoms with Crippen LogP contribution in [0.4, 0.5) is 0 Å². The van der Waals surface area contributed by atoms with Gasteiger partial charge in [0, 0.05) is 23.7 Å². The topological polar surface area (TPSA) is 41.5 Å². The van der Waals surface area contributed by atoms with Gasteiger partial charge in [0.05, 0.1) is 6.10 Å². The summed E-state index contributed by atoms with van der Waals surface area (Å²) in [5.74, 6) is 0.807. The molecule has 0 aliphatic heterocycles. The second-order valence-corrected chi connectivity index (χ2v) is 5.44. The summed E-state index contributed by atoms with van der Waals surface area (Å²) in [7, 11) is 0. The lowest BCUT2D eigenvalue weighted by molar-refractivity contribution is 0.190. The van der Waals surface area contributed by atoms with Gasteiger partial charge in [0.2, 0.25) is 0 Å². The van der Waals surface area contributed by atoms with Crippen molar-refractivity contribution < 1.29 is 9.84 Å². The number of benzene rings is 2. The molecule has 0 radical (unpaired) electrons. The molecule has 0 aliphatic carbocycles. The molecule has 0 aromatic heterocycles. The summed E-state index contributed by atoms with van der Waals surface area (Å²) in [6.45, 7) is 3.41. The highest BCUT2D eigenvalue weighted by Gasteiger charge is 2.06. The SMILES string of the molecule is C[C@@H](O)CNCc1cc(Cl)ccc1OCc1ccccc1. The Morgan fingerprint density at radius 3 is 2.67 bits per heavy atom. The molecule has 0 fully saturated rings. The Hall–Kier alpha value is -1.55. The van der Waals surface area contributed by atoms with Crippen molar-refractivity contribution in [3.63, 3.8) is 0 Å². The molecule has 0 amide bonds. The van der Waals surface area contributed by atoms with E-state index in [1.54, 1.807) is 6.92 Å². The number of aliphatic hydroxyl groups excluding tert-OH is 1. The van der Waals surface area contributed by atoms with Gasteiger partial charge in [-0.25, -0.2) is 0 Å². The van der Waals surface area contributed by atoms with Crippen LogP contribution < -0.4 is 10.1 Å². The smallest absolute Gasteiger partial charge is 0.124 e. The second-order valence-electron chi connectivity index (χ2n) is 5.01. The molecule has 0 saturated heterocycles. The first-order valence-corrected chi connectivity index (χ1v) is 7.37. The van der Waals surface area contributed by atoms with Crippen LogP contribution in [0.3, 0.4) is 0 Å². The number of ether oxygens (including phenoxy) is 1. The van der Waals surface area contributed by atoms with Crippen LogP contribution in [0, 0.1) is 0 Å². The lowest BCUT2D eigenvalue weighted by atomic mass is 10.2. The maximum Gasteiger partial charge on any atom is 0.124 e. The van der Waals surface area contributed by atoms with E-state index in [1.165, 1.54) is 0 Å². The summed E-state index contributed by atoms with van der Waals surface area (Å²) < 4.78 is 5.87. The number of nitrogens with one attached hydrogen (secondary N) is 1. The average Bonchev–Trinajstić information content (AvgIpc) is 2.47. The second kappa shape index (κ2) is 8.03. The van der Waals surface area contributed by atoms with Crippen LogP contribution in [0.25, 0.3) is 0 Å². The minimum absolute atomic E-state index is 0.377. The predicted molar refractivity (Wildman–Crippen MR) is 85.6 cm³/mol. The molecule has 2 N–H and O–H groups in total. The summed E-state index contributed by atoms with van der Waals surface area (Å²) in [6, 6.07) is 15.6. The van der Waals surface area contributed by atoms with E-state index in [9.17, 15) is 5.11 Å². The third-order valence-corrected chi connectivity index (χ3v) is 3.25. The summed E-state index contributed by atoms with van der Waals surface area (Å²) in [6.07, 6.45) is -0.377. The normalized spacial score (nSPS) is 12.1. The van der Waals surface area contributed by atoms with Crippen molar-refractivity contribution in [2.24, 2.45) is 0 Å². The standard InChI is InChI=1S/C17H20ClNO2/c1-13(20)10-19-11-15-9-16(18)7-8-17(15)21-12-14-5-3-2-4-6-14/h2-9,13,19-20H,10-12H2,1H3/t13-/m1/s1. The molecule has 2 rings (SSSR count). The van der Waals surface area contributed by atoms with Crippen LogP contribution in [0.15, 0.2) is 48.5 Å². The van der Waals surface area contributed by atoms with Crippen LogP contribution in [0.2, 0.25) is 5.02 Å². The Morgan fingerprint density at radius 1 is 1.19 bits per heavy atom. The van der Waals surface area contributed by atoms with Gasteiger partial charge in [0.25, 0.3) is 0 Å². The highest BCUT2D eigenvalue weighted by molar-refractivity contribution is 6.30. The Kier molecular flexibility index (Phi) is 6.05. The molecule has 2 aromatic rings. The van der Waals surface area contributed by atoms with Crippen LogP contribution in [0.1, 0.15) is 18.1 Å².